The van der Waals surface area contributed by atoms with Crippen LogP contribution in [0.2, 0.25) is 0 Å². The summed E-state index contributed by atoms with van der Waals surface area (Å²) in [7, 11) is 0. The van der Waals surface area contributed by atoms with Crippen LogP contribution in [0.1, 0.15) is 31.2 Å². The van der Waals surface area contributed by atoms with Crippen LogP contribution in [-0.4, -0.2) is 33.7 Å². The van der Waals surface area contributed by atoms with Crippen LogP contribution in [-0.2, 0) is 0 Å². The lowest BCUT2D eigenvalue weighted by molar-refractivity contribution is 0.358. The van der Waals surface area contributed by atoms with E-state index in [0.29, 0.717) is 11.6 Å². The minimum atomic E-state index is 0.491. The van der Waals surface area contributed by atoms with Crippen LogP contribution in [0.5, 0.6) is 0 Å². The molecule has 2 heterocycles. The number of hydrogen-bond acceptors (Lipinski definition) is 5. The zero-order valence-electron chi connectivity index (χ0n) is 16.3. The minimum Gasteiger partial charge on any atom is -0.382 e. The van der Waals surface area contributed by atoms with Gasteiger partial charge < -0.3 is 5.32 Å². The maximum atomic E-state index is 9.07. The fourth-order valence-electron chi connectivity index (χ4n) is 3.93. The average Bonchev–Trinajstić information content (AvgIpc) is 3.59. The molecular formula is C24H24N4S. The van der Waals surface area contributed by atoms with E-state index >= 15 is 0 Å². The number of aromatic nitrogens is 1. The molecule has 1 N–H and O–H groups in total. The van der Waals surface area contributed by atoms with Crippen molar-refractivity contribution in [3.63, 3.8) is 0 Å². The number of rotatable bonds is 5. The van der Waals surface area contributed by atoms with Crippen LogP contribution in [0.4, 0.5) is 5.69 Å². The highest BCUT2D eigenvalue weighted by Crippen LogP contribution is 2.38. The van der Waals surface area contributed by atoms with Crippen molar-refractivity contribution in [1.29, 1.82) is 5.26 Å². The van der Waals surface area contributed by atoms with Crippen LogP contribution >= 0.6 is 11.9 Å². The molecule has 5 rings (SSSR count). The third kappa shape index (κ3) is 4.24. The van der Waals surface area contributed by atoms with E-state index in [1.54, 1.807) is 0 Å². The van der Waals surface area contributed by atoms with Gasteiger partial charge in [0.15, 0.2) is 0 Å². The summed E-state index contributed by atoms with van der Waals surface area (Å²) in [5.41, 5.74) is 4.13. The Morgan fingerprint density at radius 3 is 2.52 bits per heavy atom. The zero-order chi connectivity index (χ0) is 19.6. The summed E-state index contributed by atoms with van der Waals surface area (Å²) < 4.78 is 2.56. The number of nitriles is 1. The van der Waals surface area contributed by atoms with E-state index in [1.807, 2.05) is 36.7 Å². The quantitative estimate of drug-likeness (QED) is 0.576. The molecule has 2 fully saturated rings. The Balaban J connectivity index is 1.39. The lowest BCUT2D eigenvalue weighted by Gasteiger charge is -2.32. The van der Waals surface area contributed by atoms with E-state index in [9.17, 15) is 0 Å². The molecule has 0 atom stereocenters. The number of piperidine rings is 1. The summed E-state index contributed by atoms with van der Waals surface area (Å²) in [5, 5.41) is 16.1. The molecule has 1 saturated carbocycles. The highest BCUT2D eigenvalue weighted by molar-refractivity contribution is 7.97. The van der Waals surface area contributed by atoms with Crippen molar-refractivity contribution in [2.24, 2.45) is 0 Å². The molecule has 0 amide bonds. The summed E-state index contributed by atoms with van der Waals surface area (Å²) in [4.78, 5) is 4.36. The smallest absolute Gasteiger partial charge is 0.0991 e. The van der Waals surface area contributed by atoms with Crippen molar-refractivity contribution in [3.8, 4) is 17.2 Å². The minimum absolute atomic E-state index is 0.491. The Morgan fingerprint density at radius 1 is 1.00 bits per heavy atom. The van der Waals surface area contributed by atoms with Gasteiger partial charge in [0.1, 0.15) is 0 Å². The molecule has 5 heteroatoms. The molecule has 146 valence electrons. The molecule has 1 aromatic heterocycles. The zero-order valence-corrected chi connectivity index (χ0v) is 17.2. The Bertz CT molecular complexity index is 1040. The lowest BCUT2D eigenvalue weighted by atomic mass is 9.98. The number of anilines is 1. The van der Waals surface area contributed by atoms with Gasteiger partial charge in [0.25, 0.3) is 0 Å². The molecule has 0 spiro atoms. The third-order valence-corrected chi connectivity index (χ3v) is 7.17. The molecule has 3 aromatic rings. The predicted octanol–water partition coefficient (Wildman–Crippen LogP) is 5.46. The molecule has 29 heavy (non-hydrogen) atoms. The second kappa shape index (κ2) is 8.06. The monoisotopic (exact) mass is 400 g/mol. The fourth-order valence-corrected chi connectivity index (χ4v) is 5.12. The second-order valence-corrected chi connectivity index (χ2v) is 9.36. The summed E-state index contributed by atoms with van der Waals surface area (Å²) in [6, 6.07) is 17.0. The molecule has 1 saturated heterocycles. The SMILES string of the molecule is N#Cc1ccc(-c2cc(NC3CCN(SC4CC4)CC3)c3cnccc3c2)cc1. The van der Waals surface area contributed by atoms with Gasteiger partial charge >= 0.3 is 0 Å². The molecular weight excluding hydrogens is 376 g/mol. The molecule has 1 aliphatic heterocycles. The number of benzene rings is 2. The summed E-state index contributed by atoms with van der Waals surface area (Å²) in [5.74, 6) is 0. The Kier molecular flexibility index (Phi) is 5.13. The van der Waals surface area contributed by atoms with E-state index in [4.69, 9.17) is 5.26 Å². The largest absolute Gasteiger partial charge is 0.382 e. The molecule has 4 nitrogen and oxygen atoms in total. The van der Waals surface area contributed by atoms with Crippen LogP contribution in [0.25, 0.3) is 21.9 Å². The van der Waals surface area contributed by atoms with Gasteiger partial charge in [-0.2, -0.15) is 5.26 Å². The van der Waals surface area contributed by atoms with Crippen molar-refractivity contribution in [2.45, 2.75) is 37.0 Å². The fraction of sp³-hybridized carbons (Fsp3) is 0.333. The molecule has 0 bridgehead atoms. The molecule has 2 aromatic carbocycles. The van der Waals surface area contributed by atoms with E-state index in [-0.39, 0.29) is 0 Å². The molecule has 2 aliphatic rings. The first-order chi connectivity index (χ1) is 14.3. The lowest BCUT2D eigenvalue weighted by Crippen LogP contribution is -2.35. The van der Waals surface area contributed by atoms with E-state index in [0.717, 1.165) is 35.2 Å². The number of fused-ring (bicyclic) bond motifs is 1. The highest BCUT2D eigenvalue weighted by Gasteiger charge is 2.28. The van der Waals surface area contributed by atoms with E-state index in [1.165, 1.54) is 36.5 Å². The van der Waals surface area contributed by atoms with Crippen molar-refractivity contribution in [2.75, 3.05) is 18.4 Å². The summed E-state index contributed by atoms with van der Waals surface area (Å²) in [6.07, 6.45) is 8.93. The molecule has 0 radical (unpaired) electrons. The van der Waals surface area contributed by atoms with Gasteiger partial charge in [-0.15, -0.1) is 0 Å². The third-order valence-electron chi connectivity index (χ3n) is 5.74. The Morgan fingerprint density at radius 2 is 1.79 bits per heavy atom. The standard InChI is InChI=1S/C24H24N4S/c25-15-17-1-3-18(4-2-17)20-13-19-7-10-26-16-23(19)24(14-20)27-21-8-11-28(12-9-21)29-22-5-6-22/h1-4,7,10,13-14,16,21-22,27H,5-6,8-9,11-12H2. The molecule has 0 unspecified atom stereocenters. The topological polar surface area (TPSA) is 52.0 Å². The second-order valence-electron chi connectivity index (χ2n) is 7.96. The Labute approximate surface area is 176 Å². The number of hydrogen-bond donors (Lipinski definition) is 1. The van der Waals surface area contributed by atoms with Crippen LogP contribution in [0, 0.1) is 11.3 Å². The van der Waals surface area contributed by atoms with Crippen molar-refractivity contribution in [3.05, 3.63) is 60.4 Å². The van der Waals surface area contributed by atoms with Gasteiger partial charge in [0, 0.05) is 47.8 Å². The van der Waals surface area contributed by atoms with Crippen LogP contribution < -0.4 is 5.32 Å². The van der Waals surface area contributed by atoms with E-state index in [2.05, 4.69) is 50.8 Å². The average molecular weight is 401 g/mol. The van der Waals surface area contributed by atoms with Crippen LogP contribution in [0.3, 0.4) is 0 Å². The maximum absolute atomic E-state index is 9.07. The Hall–Kier alpha value is -2.55. The van der Waals surface area contributed by atoms with E-state index < -0.39 is 0 Å². The van der Waals surface area contributed by atoms with Crippen molar-refractivity contribution >= 4 is 28.4 Å². The summed E-state index contributed by atoms with van der Waals surface area (Å²) in [6.45, 7) is 2.31. The van der Waals surface area contributed by atoms with Gasteiger partial charge in [0.05, 0.1) is 11.6 Å². The van der Waals surface area contributed by atoms with Gasteiger partial charge in [-0.3, -0.25) is 9.29 Å². The van der Waals surface area contributed by atoms with Crippen molar-refractivity contribution in [1.82, 2.24) is 9.29 Å². The van der Waals surface area contributed by atoms with Crippen LogP contribution in [0.15, 0.2) is 54.9 Å². The first-order valence-electron chi connectivity index (χ1n) is 10.3. The van der Waals surface area contributed by atoms with Gasteiger partial charge in [-0.05, 0) is 72.5 Å². The molecule has 1 aliphatic carbocycles. The maximum Gasteiger partial charge on any atom is 0.0991 e. The number of nitrogens with zero attached hydrogens (tertiary/aromatic N) is 3. The predicted molar refractivity (Wildman–Crippen MR) is 121 cm³/mol. The van der Waals surface area contributed by atoms with Gasteiger partial charge in [0.2, 0.25) is 0 Å². The summed E-state index contributed by atoms with van der Waals surface area (Å²) >= 11 is 2.07. The van der Waals surface area contributed by atoms with Crippen molar-refractivity contribution < 1.29 is 0 Å². The highest BCUT2D eigenvalue weighted by atomic mass is 32.2. The van der Waals surface area contributed by atoms with Gasteiger partial charge in [-0.25, -0.2) is 0 Å². The number of pyridine rings is 1. The van der Waals surface area contributed by atoms with Gasteiger partial charge in [-0.1, -0.05) is 24.1 Å². The first kappa shape index (κ1) is 18.5. The first-order valence-corrected chi connectivity index (χ1v) is 11.2. The number of nitrogens with one attached hydrogen (secondary N) is 1. The normalized spacial score (nSPS) is 17.9.